The minimum atomic E-state index is -1.60. The summed E-state index contributed by atoms with van der Waals surface area (Å²) in [7, 11) is 0. The Labute approximate surface area is 171 Å². The summed E-state index contributed by atoms with van der Waals surface area (Å²) in [5, 5.41) is 11.3. The predicted molar refractivity (Wildman–Crippen MR) is 103 cm³/mol. The zero-order valence-corrected chi connectivity index (χ0v) is 17.9. The second kappa shape index (κ2) is 7.27. The van der Waals surface area contributed by atoms with Gasteiger partial charge in [-0.05, 0) is 41.0 Å². The van der Waals surface area contributed by atoms with Crippen molar-refractivity contribution in [2.75, 3.05) is 0 Å². The molecule has 3 aliphatic rings. The van der Waals surface area contributed by atoms with E-state index in [4.69, 9.17) is 14.2 Å². The van der Waals surface area contributed by atoms with E-state index >= 15 is 0 Å². The molecule has 0 aromatic heterocycles. The monoisotopic (exact) mass is 406 g/mol. The smallest absolute Gasteiger partial charge is 0.351 e. The first-order chi connectivity index (χ1) is 13.4. The fourth-order valence-electron chi connectivity index (χ4n) is 5.23. The number of hydrogen-bond acceptors (Lipinski definition) is 7. The predicted octanol–water partition coefficient (Wildman–Crippen LogP) is 2.46. The van der Waals surface area contributed by atoms with Gasteiger partial charge < -0.3 is 19.3 Å². The standard InChI is InChI=1S/C22H30O7/c1-7-11(2)19(24)27-15-10-21(5,26)14-9-8-12(3)16(14)18-17(15)22(6,20(25)28-18)29-13(4)23/h7-8,14-18,26H,9-10H2,1-6H3/t14-,15+,16-,17-,18+,21-,22+/m1/s1. The molecule has 0 spiro atoms. The first-order valence-electron chi connectivity index (χ1n) is 10.1. The van der Waals surface area contributed by atoms with E-state index in [0.29, 0.717) is 12.0 Å². The number of carbonyl (C=O) groups is 3. The van der Waals surface area contributed by atoms with Crippen LogP contribution in [0.3, 0.4) is 0 Å². The van der Waals surface area contributed by atoms with Crippen molar-refractivity contribution < 1.29 is 33.7 Å². The van der Waals surface area contributed by atoms with Gasteiger partial charge in [-0.15, -0.1) is 0 Å². The van der Waals surface area contributed by atoms with E-state index < -0.39 is 47.2 Å². The highest BCUT2D eigenvalue weighted by molar-refractivity contribution is 5.88. The fraction of sp³-hybridized carbons (Fsp3) is 0.682. The molecule has 2 fully saturated rings. The molecule has 0 radical (unpaired) electrons. The van der Waals surface area contributed by atoms with E-state index in [1.165, 1.54) is 13.8 Å². The van der Waals surface area contributed by atoms with E-state index in [0.717, 1.165) is 5.57 Å². The normalized spacial score (nSPS) is 41.6. The van der Waals surface area contributed by atoms with Gasteiger partial charge in [0.15, 0.2) is 0 Å². The van der Waals surface area contributed by atoms with Crippen LogP contribution in [0.4, 0.5) is 0 Å². The minimum absolute atomic E-state index is 0.118. The third kappa shape index (κ3) is 3.50. The number of carbonyl (C=O) groups excluding carboxylic acids is 3. The van der Waals surface area contributed by atoms with Crippen molar-refractivity contribution in [1.29, 1.82) is 0 Å². The van der Waals surface area contributed by atoms with Gasteiger partial charge in [0.25, 0.3) is 0 Å². The lowest BCUT2D eigenvalue weighted by molar-refractivity contribution is -0.179. The van der Waals surface area contributed by atoms with Crippen molar-refractivity contribution in [2.24, 2.45) is 17.8 Å². The molecule has 0 bridgehead atoms. The molecule has 1 saturated carbocycles. The molecule has 0 amide bonds. The Hall–Kier alpha value is -2.15. The maximum atomic E-state index is 12.9. The van der Waals surface area contributed by atoms with Gasteiger partial charge >= 0.3 is 17.9 Å². The molecule has 0 aromatic rings. The van der Waals surface area contributed by atoms with Crippen LogP contribution in [-0.4, -0.2) is 46.4 Å². The number of aliphatic hydroxyl groups is 1. The number of hydrogen-bond donors (Lipinski definition) is 1. The molecule has 160 valence electrons. The maximum absolute atomic E-state index is 12.9. The van der Waals surface area contributed by atoms with E-state index in [-0.39, 0.29) is 18.3 Å². The molecule has 2 aliphatic carbocycles. The zero-order valence-electron chi connectivity index (χ0n) is 17.9. The molecule has 0 aromatic carbocycles. The van der Waals surface area contributed by atoms with Crippen LogP contribution < -0.4 is 0 Å². The fourth-order valence-corrected chi connectivity index (χ4v) is 5.23. The van der Waals surface area contributed by atoms with Crippen LogP contribution in [0.1, 0.15) is 54.4 Å². The van der Waals surface area contributed by atoms with Crippen molar-refractivity contribution in [3.05, 3.63) is 23.3 Å². The molecule has 3 rings (SSSR count). The minimum Gasteiger partial charge on any atom is -0.458 e. The summed E-state index contributed by atoms with van der Waals surface area (Å²) in [4.78, 5) is 37.2. The molecule has 29 heavy (non-hydrogen) atoms. The Morgan fingerprint density at radius 3 is 2.55 bits per heavy atom. The van der Waals surface area contributed by atoms with Crippen LogP contribution in [0.15, 0.2) is 23.3 Å². The molecule has 7 nitrogen and oxygen atoms in total. The number of allylic oxidation sites excluding steroid dienone is 2. The summed E-state index contributed by atoms with van der Waals surface area (Å²) >= 11 is 0. The third-order valence-electron chi connectivity index (χ3n) is 6.83. The van der Waals surface area contributed by atoms with E-state index in [2.05, 4.69) is 0 Å². The highest BCUT2D eigenvalue weighted by Gasteiger charge is 2.67. The lowest BCUT2D eigenvalue weighted by Crippen LogP contribution is -2.50. The molecule has 0 unspecified atom stereocenters. The Morgan fingerprint density at radius 2 is 1.97 bits per heavy atom. The van der Waals surface area contributed by atoms with Gasteiger partial charge in [-0.1, -0.05) is 17.7 Å². The summed E-state index contributed by atoms with van der Waals surface area (Å²) in [5.74, 6) is -2.94. The molecule has 7 atom stereocenters. The Bertz CT molecular complexity index is 793. The van der Waals surface area contributed by atoms with E-state index in [1.54, 1.807) is 26.8 Å². The van der Waals surface area contributed by atoms with Crippen molar-refractivity contribution in [1.82, 2.24) is 0 Å². The van der Waals surface area contributed by atoms with Crippen molar-refractivity contribution in [3.63, 3.8) is 0 Å². The van der Waals surface area contributed by atoms with Gasteiger partial charge in [0.2, 0.25) is 5.60 Å². The van der Waals surface area contributed by atoms with Gasteiger partial charge in [-0.25, -0.2) is 9.59 Å². The van der Waals surface area contributed by atoms with Crippen molar-refractivity contribution in [2.45, 2.75) is 77.8 Å². The lowest BCUT2D eigenvalue weighted by atomic mass is 9.75. The summed E-state index contributed by atoms with van der Waals surface area (Å²) < 4.78 is 17.0. The quantitative estimate of drug-likeness (QED) is 0.333. The van der Waals surface area contributed by atoms with Crippen molar-refractivity contribution in [3.8, 4) is 0 Å². The SMILES string of the molecule is CC=C(C)C(=O)O[C@H]1C[C@@](C)(O)[C@@H]2CC=C(C)[C@H]2[C@@H]2OC(=O)[C@@](C)(OC(C)=O)[C@@H]21. The van der Waals surface area contributed by atoms with E-state index in [9.17, 15) is 19.5 Å². The molecule has 1 aliphatic heterocycles. The van der Waals surface area contributed by atoms with Gasteiger partial charge in [0, 0.05) is 30.8 Å². The van der Waals surface area contributed by atoms with Gasteiger partial charge in [0.05, 0.1) is 11.5 Å². The first-order valence-corrected chi connectivity index (χ1v) is 10.1. The Morgan fingerprint density at radius 1 is 1.31 bits per heavy atom. The van der Waals surface area contributed by atoms with Gasteiger partial charge in [-0.3, -0.25) is 4.79 Å². The molecule has 1 N–H and O–H groups in total. The summed E-state index contributed by atoms with van der Waals surface area (Å²) in [6.07, 6.45) is 2.93. The largest absolute Gasteiger partial charge is 0.458 e. The summed E-state index contributed by atoms with van der Waals surface area (Å²) in [6.45, 7) is 9.78. The number of fused-ring (bicyclic) bond motifs is 3. The van der Waals surface area contributed by atoms with Crippen LogP contribution in [0.5, 0.6) is 0 Å². The first kappa shape index (κ1) is 21.6. The number of esters is 3. The highest BCUT2D eigenvalue weighted by Crippen LogP contribution is 2.54. The summed E-state index contributed by atoms with van der Waals surface area (Å²) in [6, 6.07) is 0. The summed E-state index contributed by atoms with van der Waals surface area (Å²) in [5.41, 5.74) is -1.32. The Kier molecular flexibility index (Phi) is 5.41. The van der Waals surface area contributed by atoms with Gasteiger partial charge in [0.1, 0.15) is 12.2 Å². The Balaban J connectivity index is 2.10. The lowest BCUT2D eigenvalue weighted by Gasteiger charge is -2.35. The van der Waals surface area contributed by atoms with E-state index in [1.807, 2.05) is 13.0 Å². The average Bonchev–Trinajstić information content (AvgIpc) is 3.08. The highest BCUT2D eigenvalue weighted by atomic mass is 16.6. The topological polar surface area (TPSA) is 99.1 Å². The van der Waals surface area contributed by atoms with Crippen molar-refractivity contribution >= 4 is 17.9 Å². The number of ether oxygens (including phenoxy) is 3. The number of rotatable bonds is 3. The second-order valence-electron chi connectivity index (χ2n) is 8.89. The molecular formula is C22H30O7. The molecule has 7 heteroatoms. The third-order valence-corrected chi connectivity index (χ3v) is 6.83. The van der Waals surface area contributed by atoms with Crippen LogP contribution in [0.25, 0.3) is 0 Å². The van der Waals surface area contributed by atoms with Crippen LogP contribution in [-0.2, 0) is 28.6 Å². The molecule has 1 heterocycles. The molecular weight excluding hydrogens is 376 g/mol. The van der Waals surface area contributed by atoms with Crippen LogP contribution >= 0.6 is 0 Å². The second-order valence-corrected chi connectivity index (χ2v) is 8.89. The van der Waals surface area contributed by atoms with Crippen LogP contribution in [0.2, 0.25) is 0 Å². The molecule has 1 saturated heterocycles. The average molecular weight is 406 g/mol. The van der Waals surface area contributed by atoms with Gasteiger partial charge in [-0.2, -0.15) is 0 Å². The van der Waals surface area contributed by atoms with Crippen LogP contribution in [0, 0.1) is 17.8 Å². The maximum Gasteiger partial charge on any atom is 0.351 e. The zero-order chi connectivity index (χ0) is 21.7.